The molecule has 0 fully saturated rings. The number of esters is 1. The highest BCUT2D eigenvalue weighted by Gasteiger charge is 2.20. The van der Waals surface area contributed by atoms with Crippen molar-refractivity contribution in [2.24, 2.45) is 5.92 Å². The molecule has 7 nitrogen and oxygen atoms in total. The van der Waals surface area contributed by atoms with E-state index in [4.69, 9.17) is 9.84 Å². The van der Waals surface area contributed by atoms with Crippen LogP contribution >= 0.6 is 0 Å². The fourth-order valence-electron chi connectivity index (χ4n) is 1.41. The first-order valence-corrected chi connectivity index (χ1v) is 6.29. The van der Waals surface area contributed by atoms with Gasteiger partial charge in [0.05, 0.1) is 13.0 Å². The van der Waals surface area contributed by atoms with Crippen molar-refractivity contribution < 1.29 is 24.2 Å². The minimum absolute atomic E-state index is 0.0587. The number of nitrogens with one attached hydrogen (secondary N) is 2. The molecule has 0 spiro atoms. The third-order valence-electron chi connectivity index (χ3n) is 2.23. The Balaban J connectivity index is 4.00. The van der Waals surface area contributed by atoms with E-state index in [0.717, 1.165) is 0 Å². The second-order valence-corrected chi connectivity index (χ2v) is 4.48. The van der Waals surface area contributed by atoms with E-state index < -0.39 is 24.0 Å². The normalized spacial score (nSPS) is 11.8. The highest BCUT2D eigenvalue weighted by molar-refractivity contribution is 5.82. The van der Waals surface area contributed by atoms with Gasteiger partial charge in [-0.15, -0.1) is 0 Å². The number of carbonyl (C=O) groups is 3. The fraction of sp³-hybridized carbons (Fsp3) is 0.750. The second-order valence-electron chi connectivity index (χ2n) is 4.48. The molecule has 3 N–H and O–H groups in total. The van der Waals surface area contributed by atoms with Crippen LogP contribution in [-0.2, 0) is 14.3 Å². The Kier molecular flexibility index (Phi) is 8.32. The Morgan fingerprint density at radius 1 is 1.26 bits per heavy atom. The lowest BCUT2D eigenvalue weighted by Gasteiger charge is -2.16. The predicted molar refractivity (Wildman–Crippen MR) is 68.7 cm³/mol. The number of carbonyl (C=O) groups excluding carboxylic acids is 2. The SMILES string of the molecule is CCOC(=O)CCNC(=O)N[C@@H](CC(C)C)C(=O)O. The van der Waals surface area contributed by atoms with Crippen LogP contribution in [0, 0.1) is 5.92 Å². The van der Waals surface area contributed by atoms with Crippen LogP contribution in [0.5, 0.6) is 0 Å². The molecule has 0 aliphatic rings. The third-order valence-corrected chi connectivity index (χ3v) is 2.23. The molecular weight excluding hydrogens is 252 g/mol. The quantitative estimate of drug-likeness (QED) is 0.566. The summed E-state index contributed by atoms with van der Waals surface area (Å²) in [4.78, 5) is 33.4. The van der Waals surface area contributed by atoms with Gasteiger partial charge in [-0.2, -0.15) is 0 Å². The molecule has 0 saturated carbocycles. The van der Waals surface area contributed by atoms with E-state index in [-0.39, 0.29) is 18.9 Å². The largest absolute Gasteiger partial charge is 0.480 e. The van der Waals surface area contributed by atoms with Gasteiger partial charge in [0.15, 0.2) is 0 Å². The topological polar surface area (TPSA) is 105 Å². The van der Waals surface area contributed by atoms with Gasteiger partial charge in [-0.05, 0) is 19.3 Å². The Morgan fingerprint density at radius 3 is 2.37 bits per heavy atom. The fourth-order valence-corrected chi connectivity index (χ4v) is 1.41. The van der Waals surface area contributed by atoms with Crippen LogP contribution in [-0.4, -0.2) is 42.3 Å². The summed E-state index contributed by atoms with van der Waals surface area (Å²) in [5, 5.41) is 13.7. The van der Waals surface area contributed by atoms with E-state index in [2.05, 4.69) is 10.6 Å². The number of urea groups is 1. The van der Waals surface area contributed by atoms with Gasteiger partial charge in [0.1, 0.15) is 6.04 Å². The molecular formula is C12H22N2O5. The van der Waals surface area contributed by atoms with Gasteiger partial charge >= 0.3 is 18.0 Å². The summed E-state index contributed by atoms with van der Waals surface area (Å²) < 4.78 is 4.69. The van der Waals surface area contributed by atoms with Gasteiger partial charge in [0.25, 0.3) is 0 Å². The lowest BCUT2D eigenvalue weighted by Crippen LogP contribution is -2.47. The highest BCUT2D eigenvalue weighted by Crippen LogP contribution is 2.04. The Hall–Kier alpha value is -1.79. The average Bonchev–Trinajstić information content (AvgIpc) is 2.27. The lowest BCUT2D eigenvalue weighted by atomic mass is 10.0. The van der Waals surface area contributed by atoms with Crippen molar-refractivity contribution in [1.82, 2.24) is 10.6 Å². The van der Waals surface area contributed by atoms with Gasteiger partial charge in [0.2, 0.25) is 0 Å². The van der Waals surface area contributed by atoms with Gasteiger partial charge < -0.3 is 20.5 Å². The predicted octanol–water partition coefficient (Wildman–Crippen LogP) is 0.738. The van der Waals surface area contributed by atoms with Crippen LogP contribution in [0.4, 0.5) is 4.79 Å². The summed E-state index contributed by atoms with van der Waals surface area (Å²) in [6, 6.07) is -1.53. The lowest BCUT2D eigenvalue weighted by molar-refractivity contribution is -0.143. The number of hydrogen-bond acceptors (Lipinski definition) is 4. The molecule has 0 aromatic rings. The van der Waals surface area contributed by atoms with Gasteiger partial charge in [-0.3, -0.25) is 4.79 Å². The molecule has 0 aromatic heterocycles. The Bertz CT molecular complexity index is 317. The molecule has 0 rings (SSSR count). The zero-order valence-corrected chi connectivity index (χ0v) is 11.6. The zero-order chi connectivity index (χ0) is 14.8. The van der Waals surface area contributed by atoms with Crippen molar-refractivity contribution in [3.05, 3.63) is 0 Å². The molecule has 7 heteroatoms. The van der Waals surface area contributed by atoms with E-state index in [0.29, 0.717) is 13.0 Å². The third kappa shape index (κ3) is 8.87. The molecule has 19 heavy (non-hydrogen) atoms. The smallest absolute Gasteiger partial charge is 0.326 e. The van der Waals surface area contributed by atoms with Crippen LogP contribution in [0.3, 0.4) is 0 Å². The molecule has 2 amide bonds. The molecule has 0 radical (unpaired) electrons. The van der Waals surface area contributed by atoms with Crippen molar-refractivity contribution in [2.45, 2.75) is 39.7 Å². The summed E-state index contributed by atoms with van der Waals surface area (Å²) in [5.41, 5.74) is 0. The van der Waals surface area contributed by atoms with E-state index >= 15 is 0 Å². The first kappa shape index (κ1) is 17.2. The number of carboxylic acids is 1. The highest BCUT2D eigenvalue weighted by atomic mass is 16.5. The maximum Gasteiger partial charge on any atom is 0.326 e. The number of rotatable bonds is 8. The van der Waals surface area contributed by atoms with Gasteiger partial charge in [0, 0.05) is 6.54 Å². The minimum atomic E-state index is -1.07. The van der Waals surface area contributed by atoms with E-state index in [1.807, 2.05) is 13.8 Å². The zero-order valence-electron chi connectivity index (χ0n) is 11.6. The summed E-state index contributed by atoms with van der Waals surface area (Å²) >= 11 is 0. The molecule has 0 bridgehead atoms. The van der Waals surface area contributed by atoms with Crippen LogP contribution < -0.4 is 10.6 Å². The maximum atomic E-state index is 11.4. The molecule has 0 aliphatic carbocycles. The number of aliphatic carboxylic acids is 1. The molecule has 110 valence electrons. The number of hydrogen-bond donors (Lipinski definition) is 3. The molecule has 0 heterocycles. The standard InChI is InChI=1S/C12H22N2O5/c1-4-19-10(15)5-6-13-12(18)14-9(11(16)17)7-8(2)3/h8-9H,4-7H2,1-3H3,(H,16,17)(H2,13,14,18)/t9-/m0/s1. The van der Waals surface area contributed by atoms with Crippen molar-refractivity contribution in [3.8, 4) is 0 Å². The second kappa shape index (κ2) is 9.18. The number of carboxylic acid groups (broad SMARTS) is 1. The maximum absolute atomic E-state index is 11.4. The van der Waals surface area contributed by atoms with E-state index in [1.54, 1.807) is 6.92 Å². The Labute approximate surface area is 112 Å². The van der Waals surface area contributed by atoms with Gasteiger partial charge in [-0.1, -0.05) is 13.8 Å². The molecule has 1 atom stereocenters. The first-order valence-electron chi connectivity index (χ1n) is 6.29. The summed E-state index contributed by atoms with van der Waals surface area (Å²) in [6.07, 6.45) is 0.407. The van der Waals surface area contributed by atoms with Crippen molar-refractivity contribution in [2.75, 3.05) is 13.2 Å². The summed E-state index contributed by atoms with van der Waals surface area (Å²) in [5.74, 6) is -1.32. The summed E-state index contributed by atoms with van der Waals surface area (Å²) in [7, 11) is 0. The van der Waals surface area contributed by atoms with Crippen molar-refractivity contribution in [3.63, 3.8) is 0 Å². The number of amides is 2. The Morgan fingerprint density at radius 2 is 1.89 bits per heavy atom. The minimum Gasteiger partial charge on any atom is -0.480 e. The van der Waals surface area contributed by atoms with Gasteiger partial charge in [-0.25, -0.2) is 9.59 Å². The van der Waals surface area contributed by atoms with E-state index in [9.17, 15) is 14.4 Å². The van der Waals surface area contributed by atoms with Crippen LogP contribution in [0.15, 0.2) is 0 Å². The van der Waals surface area contributed by atoms with Crippen molar-refractivity contribution in [1.29, 1.82) is 0 Å². The van der Waals surface area contributed by atoms with Crippen LogP contribution in [0.2, 0.25) is 0 Å². The molecule has 0 aliphatic heterocycles. The first-order chi connectivity index (χ1) is 8.86. The van der Waals surface area contributed by atoms with Crippen LogP contribution in [0.1, 0.15) is 33.6 Å². The van der Waals surface area contributed by atoms with Crippen molar-refractivity contribution >= 4 is 18.0 Å². The molecule has 0 aromatic carbocycles. The monoisotopic (exact) mass is 274 g/mol. The molecule has 0 unspecified atom stereocenters. The summed E-state index contributed by atoms with van der Waals surface area (Å²) in [6.45, 7) is 5.84. The van der Waals surface area contributed by atoms with Crippen LogP contribution in [0.25, 0.3) is 0 Å². The molecule has 0 saturated heterocycles. The average molecular weight is 274 g/mol. The number of ether oxygens (including phenoxy) is 1. The van der Waals surface area contributed by atoms with E-state index in [1.165, 1.54) is 0 Å².